The lowest BCUT2D eigenvalue weighted by Crippen LogP contribution is -2.45. The molecule has 9 heteroatoms. The van der Waals surface area contributed by atoms with Gasteiger partial charge in [0.25, 0.3) is 10.0 Å². The van der Waals surface area contributed by atoms with E-state index in [1.54, 1.807) is 11.4 Å². The first kappa shape index (κ1) is 19.1. The first-order chi connectivity index (χ1) is 12.4. The van der Waals surface area contributed by atoms with Crippen LogP contribution in [-0.4, -0.2) is 44.5 Å². The normalized spacial score (nSPS) is 20.9. The molecular weight excluding hydrogens is 375 g/mol. The number of rotatable bonds is 6. The number of likely N-dealkylation sites (N-methyl/N-ethyl adjacent to an activating group) is 1. The monoisotopic (exact) mass is 398 g/mol. The molecule has 0 spiro atoms. The average Bonchev–Trinajstić information content (AvgIpc) is 3.07. The highest BCUT2D eigenvalue weighted by molar-refractivity contribution is 7.93. The molecule has 0 radical (unpaired) electrons. The molecular formula is C17H23FN4O2S2. The minimum Gasteiger partial charge on any atom is -0.381 e. The third-order valence-corrected chi connectivity index (χ3v) is 6.81. The van der Waals surface area contributed by atoms with Gasteiger partial charge in [0, 0.05) is 29.3 Å². The number of halogens is 1. The minimum absolute atomic E-state index is 0.211. The number of hydrogen-bond donors (Lipinski definition) is 2. The zero-order valence-corrected chi connectivity index (χ0v) is 16.4. The van der Waals surface area contributed by atoms with Crippen LogP contribution in [0.4, 0.5) is 15.2 Å². The van der Waals surface area contributed by atoms with E-state index in [0.29, 0.717) is 11.7 Å². The largest absolute Gasteiger partial charge is 0.381 e. The van der Waals surface area contributed by atoms with E-state index in [1.807, 2.05) is 14.1 Å². The number of nitrogens with zero attached hydrogens (tertiary/aromatic N) is 2. The SMILES string of the molecule is CN(C)[C@H]1CCCC[C@@H]1Nc1ccc(S(=O)(=O)Nc2nccs2)c(F)c1. The van der Waals surface area contributed by atoms with E-state index in [0.717, 1.165) is 30.6 Å². The molecule has 1 aliphatic carbocycles. The maximum Gasteiger partial charge on any atom is 0.266 e. The lowest BCUT2D eigenvalue weighted by Gasteiger charge is -2.37. The number of aromatic nitrogens is 1. The predicted molar refractivity (Wildman–Crippen MR) is 103 cm³/mol. The summed E-state index contributed by atoms with van der Waals surface area (Å²) in [4.78, 5) is 5.67. The molecule has 1 aliphatic rings. The Bertz CT molecular complexity index is 840. The van der Waals surface area contributed by atoms with Crippen molar-refractivity contribution < 1.29 is 12.8 Å². The highest BCUT2D eigenvalue weighted by Gasteiger charge is 2.27. The maximum atomic E-state index is 14.5. The van der Waals surface area contributed by atoms with E-state index in [2.05, 4.69) is 19.9 Å². The molecule has 0 bridgehead atoms. The maximum absolute atomic E-state index is 14.5. The number of anilines is 2. The molecule has 1 saturated carbocycles. The highest BCUT2D eigenvalue weighted by atomic mass is 32.2. The quantitative estimate of drug-likeness (QED) is 0.780. The first-order valence-electron chi connectivity index (χ1n) is 8.51. The molecule has 0 saturated heterocycles. The fourth-order valence-corrected chi connectivity index (χ4v) is 5.21. The van der Waals surface area contributed by atoms with Crippen LogP contribution in [0.2, 0.25) is 0 Å². The fourth-order valence-electron chi connectivity index (χ4n) is 3.36. The van der Waals surface area contributed by atoms with Crippen LogP contribution in [0, 0.1) is 5.82 Å². The summed E-state index contributed by atoms with van der Waals surface area (Å²) in [6.45, 7) is 0. The van der Waals surface area contributed by atoms with E-state index in [9.17, 15) is 12.8 Å². The molecule has 1 fully saturated rings. The van der Waals surface area contributed by atoms with E-state index in [-0.39, 0.29) is 16.1 Å². The summed E-state index contributed by atoms with van der Waals surface area (Å²) in [5, 5.41) is 5.23. The van der Waals surface area contributed by atoms with E-state index in [4.69, 9.17) is 0 Å². The van der Waals surface area contributed by atoms with Crippen LogP contribution in [0.25, 0.3) is 0 Å². The average molecular weight is 399 g/mol. The molecule has 2 aromatic rings. The minimum atomic E-state index is -4.00. The van der Waals surface area contributed by atoms with Crippen molar-refractivity contribution >= 4 is 32.2 Å². The van der Waals surface area contributed by atoms with Crippen molar-refractivity contribution in [3.05, 3.63) is 35.6 Å². The summed E-state index contributed by atoms with van der Waals surface area (Å²) in [6.07, 6.45) is 5.91. The van der Waals surface area contributed by atoms with Crippen LogP contribution in [0.3, 0.4) is 0 Å². The summed E-state index contributed by atoms with van der Waals surface area (Å²) >= 11 is 1.14. The molecule has 26 heavy (non-hydrogen) atoms. The molecule has 3 rings (SSSR count). The second-order valence-corrected chi connectivity index (χ2v) is 9.20. The number of thiazole rings is 1. The standard InChI is InChI=1S/C17H23FN4O2S2/c1-22(2)15-6-4-3-5-14(15)20-12-7-8-16(13(18)11-12)26(23,24)21-17-19-9-10-25-17/h7-11,14-15,20H,3-6H2,1-2H3,(H,19,21)/t14-,15-/m0/s1. The Morgan fingerprint density at radius 2 is 2.04 bits per heavy atom. The van der Waals surface area contributed by atoms with E-state index >= 15 is 0 Å². The van der Waals surface area contributed by atoms with E-state index < -0.39 is 15.8 Å². The number of sulfonamides is 1. The number of benzene rings is 1. The van der Waals surface area contributed by atoms with Crippen molar-refractivity contribution in [2.45, 2.75) is 42.7 Å². The van der Waals surface area contributed by atoms with Crippen molar-refractivity contribution in [2.75, 3.05) is 24.1 Å². The number of hydrogen-bond acceptors (Lipinski definition) is 6. The zero-order chi connectivity index (χ0) is 18.7. The summed E-state index contributed by atoms with van der Waals surface area (Å²) in [5.74, 6) is -0.781. The number of nitrogens with one attached hydrogen (secondary N) is 2. The van der Waals surface area contributed by atoms with Gasteiger partial charge in [-0.15, -0.1) is 11.3 Å². The van der Waals surface area contributed by atoms with Gasteiger partial charge >= 0.3 is 0 Å². The van der Waals surface area contributed by atoms with Crippen molar-refractivity contribution in [1.29, 1.82) is 0 Å². The second-order valence-electron chi connectivity index (χ2n) is 6.65. The van der Waals surface area contributed by atoms with Crippen molar-refractivity contribution in [3.63, 3.8) is 0 Å². The van der Waals surface area contributed by atoms with Gasteiger partial charge in [-0.05, 0) is 45.1 Å². The van der Waals surface area contributed by atoms with Gasteiger partial charge in [0.2, 0.25) is 0 Å². The molecule has 142 valence electrons. The third-order valence-electron chi connectivity index (χ3n) is 4.62. The summed E-state index contributed by atoms with van der Waals surface area (Å²) in [5.41, 5.74) is 0.592. The third kappa shape index (κ3) is 4.33. The second kappa shape index (κ2) is 7.89. The molecule has 1 heterocycles. The van der Waals surface area contributed by atoms with Gasteiger partial charge in [0.1, 0.15) is 10.7 Å². The van der Waals surface area contributed by atoms with Gasteiger partial charge in [0.05, 0.1) is 0 Å². The van der Waals surface area contributed by atoms with Gasteiger partial charge in [0.15, 0.2) is 5.13 Å². The summed E-state index contributed by atoms with van der Waals surface area (Å²) in [7, 11) is 0.0926. The zero-order valence-electron chi connectivity index (χ0n) is 14.8. The topological polar surface area (TPSA) is 74.3 Å². The Morgan fingerprint density at radius 3 is 2.69 bits per heavy atom. The smallest absolute Gasteiger partial charge is 0.266 e. The van der Waals surface area contributed by atoms with Crippen LogP contribution in [0.1, 0.15) is 25.7 Å². The first-order valence-corrected chi connectivity index (χ1v) is 10.9. The molecule has 2 N–H and O–H groups in total. The van der Waals surface area contributed by atoms with Gasteiger partial charge in [-0.25, -0.2) is 17.8 Å². The van der Waals surface area contributed by atoms with Crippen LogP contribution in [-0.2, 0) is 10.0 Å². The molecule has 0 aliphatic heterocycles. The predicted octanol–water partition coefficient (Wildman–Crippen LogP) is 3.37. The lowest BCUT2D eigenvalue weighted by molar-refractivity contribution is 0.211. The van der Waals surface area contributed by atoms with Crippen LogP contribution in [0.15, 0.2) is 34.7 Å². The van der Waals surface area contributed by atoms with E-state index in [1.165, 1.54) is 24.8 Å². The Balaban J connectivity index is 1.77. The van der Waals surface area contributed by atoms with Crippen molar-refractivity contribution in [2.24, 2.45) is 0 Å². The Hall–Kier alpha value is -1.71. The van der Waals surface area contributed by atoms with Gasteiger partial charge in [-0.2, -0.15) is 0 Å². The molecule has 0 unspecified atom stereocenters. The molecule has 1 aromatic heterocycles. The lowest BCUT2D eigenvalue weighted by atomic mass is 9.89. The fraction of sp³-hybridized carbons (Fsp3) is 0.471. The van der Waals surface area contributed by atoms with Gasteiger partial charge < -0.3 is 10.2 Å². The van der Waals surface area contributed by atoms with Crippen LogP contribution in [0.5, 0.6) is 0 Å². The molecule has 6 nitrogen and oxygen atoms in total. The van der Waals surface area contributed by atoms with Crippen LogP contribution >= 0.6 is 11.3 Å². The van der Waals surface area contributed by atoms with Crippen molar-refractivity contribution in [1.82, 2.24) is 9.88 Å². The molecule has 0 amide bonds. The highest BCUT2D eigenvalue weighted by Crippen LogP contribution is 2.27. The Labute approximate surface area is 157 Å². The molecule has 2 atom stereocenters. The van der Waals surface area contributed by atoms with Crippen LogP contribution < -0.4 is 10.0 Å². The molecule has 1 aromatic carbocycles. The summed E-state index contributed by atoms with van der Waals surface area (Å²) in [6, 6.07) is 4.75. The Morgan fingerprint density at radius 1 is 1.27 bits per heavy atom. The summed E-state index contributed by atoms with van der Waals surface area (Å²) < 4.78 is 41.5. The van der Waals surface area contributed by atoms with Gasteiger partial charge in [-0.3, -0.25) is 4.72 Å². The van der Waals surface area contributed by atoms with Crippen molar-refractivity contribution in [3.8, 4) is 0 Å². The van der Waals surface area contributed by atoms with Gasteiger partial charge in [-0.1, -0.05) is 12.8 Å². The Kier molecular flexibility index (Phi) is 5.79.